The van der Waals surface area contributed by atoms with Gasteiger partial charge in [-0.1, -0.05) is 36.4 Å². The molecule has 0 spiro atoms. The average molecular weight is 382 g/mol. The van der Waals surface area contributed by atoms with Crippen molar-refractivity contribution in [2.75, 3.05) is 13.3 Å². The molecule has 2 amide bonds. The van der Waals surface area contributed by atoms with Crippen molar-refractivity contribution in [3.05, 3.63) is 77.9 Å². The largest absolute Gasteiger partial charge is 0.334 e. The molecule has 2 aromatic carbocycles. The molecule has 1 heterocycles. The first-order chi connectivity index (χ1) is 13.1. The Morgan fingerprint density at radius 2 is 1.74 bits per heavy atom. The van der Waals surface area contributed by atoms with Crippen LogP contribution in [-0.4, -0.2) is 39.0 Å². The maximum Gasteiger partial charge on any atom is 0.317 e. The molecule has 0 radical (unpaired) electrons. The fourth-order valence-corrected chi connectivity index (χ4v) is 3.06. The van der Waals surface area contributed by atoms with Gasteiger partial charge in [-0.25, -0.2) is 14.5 Å². The van der Waals surface area contributed by atoms with Crippen molar-refractivity contribution in [1.82, 2.24) is 25.0 Å². The third-order valence-corrected chi connectivity index (χ3v) is 4.95. The molecule has 3 rings (SSSR count). The lowest BCUT2D eigenvalue weighted by Crippen LogP contribution is -2.36. The molecule has 1 aromatic heterocycles. The molecule has 0 atom stereocenters. The van der Waals surface area contributed by atoms with Crippen LogP contribution >= 0.6 is 11.8 Å². The van der Waals surface area contributed by atoms with Gasteiger partial charge in [0, 0.05) is 25.0 Å². The molecule has 0 fully saturated rings. The quantitative estimate of drug-likeness (QED) is 0.637. The van der Waals surface area contributed by atoms with Crippen LogP contribution in [0.15, 0.2) is 66.1 Å². The Bertz CT molecular complexity index is 847. The summed E-state index contributed by atoms with van der Waals surface area (Å²) < 4.78 is 1.78. The Hall–Kier alpha value is -2.80. The second kappa shape index (κ2) is 9.23. The summed E-state index contributed by atoms with van der Waals surface area (Å²) in [4.78, 5) is 19.2. The number of amides is 2. The molecule has 0 bridgehead atoms. The minimum absolute atomic E-state index is 0.0874. The van der Waals surface area contributed by atoms with Crippen LogP contribution in [0.1, 0.15) is 16.7 Å². The van der Waals surface area contributed by atoms with Crippen LogP contribution in [0.25, 0.3) is 0 Å². The summed E-state index contributed by atoms with van der Waals surface area (Å²) >= 11 is 1.71. The van der Waals surface area contributed by atoms with E-state index in [2.05, 4.69) is 45.9 Å². The molecule has 3 aromatic rings. The molecule has 0 saturated heterocycles. The van der Waals surface area contributed by atoms with Gasteiger partial charge in [0.2, 0.25) is 0 Å². The molecule has 140 valence electrons. The molecular formula is C20H23N5OS. The van der Waals surface area contributed by atoms with Crippen molar-refractivity contribution in [2.24, 2.45) is 0 Å². The van der Waals surface area contributed by atoms with E-state index in [1.165, 1.54) is 11.2 Å². The number of benzene rings is 2. The zero-order valence-corrected chi connectivity index (χ0v) is 16.3. The first-order valence-electron chi connectivity index (χ1n) is 8.66. The van der Waals surface area contributed by atoms with Gasteiger partial charge in [0.05, 0.1) is 6.54 Å². The number of rotatable bonds is 7. The van der Waals surface area contributed by atoms with Crippen LogP contribution in [0.3, 0.4) is 0 Å². The second-order valence-corrected chi connectivity index (χ2v) is 7.15. The van der Waals surface area contributed by atoms with Crippen molar-refractivity contribution in [1.29, 1.82) is 0 Å². The van der Waals surface area contributed by atoms with Gasteiger partial charge >= 0.3 is 6.03 Å². The Balaban J connectivity index is 1.47. The maximum absolute atomic E-state index is 12.3. The van der Waals surface area contributed by atoms with Gasteiger partial charge in [-0.15, -0.1) is 11.8 Å². The third-order valence-electron chi connectivity index (χ3n) is 4.20. The van der Waals surface area contributed by atoms with Crippen molar-refractivity contribution >= 4 is 17.8 Å². The summed E-state index contributed by atoms with van der Waals surface area (Å²) in [6.07, 6.45) is 5.27. The SMILES string of the molecule is CSc1ccc(CN(C)C(=O)NCc2ccc(Cn3cncn3)cc2)cc1. The van der Waals surface area contributed by atoms with Crippen LogP contribution in [0.5, 0.6) is 0 Å². The fraction of sp³-hybridized carbons (Fsp3) is 0.250. The number of carbonyl (C=O) groups excluding carboxylic acids is 1. The van der Waals surface area contributed by atoms with Gasteiger partial charge in [-0.2, -0.15) is 5.10 Å². The fourth-order valence-electron chi connectivity index (χ4n) is 2.65. The highest BCUT2D eigenvalue weighted by atomic mass is 32.2. The first-order valence-corrected chi connectivity index (χ1v) is 9.88. The molecule has 6 nitrogen and oxygen atoms in total. The topological polar surface area (TPSA) is 63.1 Å². The van der Waals surface area contributed by atoms with E-state index < -0.39 is 0 Å². The first kappa shape index (κ1) is 19.0. The van der Waals surface area contributed by atoms with Crippen LogP contribution < -0.4 is 5.32 Å². The van der Waals surface area contributed by atoms with Crippen molar-refractivity contribution in [2.45, 2.75) is 24.5 Å². The highest BCUT2D eigenvalue weighted by Crippen LogP contribution is 2.15. The van der Waals surface area contributed by atoms with Gasteiger partial charge in [-0.3, -0.25) is 0 Å². The molecular weight excluding hydrogens is 358 g/mol. The third kappa shape index (κ3) is 5.59. The molecule has 0 aliphatic rings. The molecule has 0 aliphatic heterocycles. The monoisotopic (exact) mass is 381 g/mol. The zero-order chi connectivity index (χ0) is 19.1. The summed E-state index contributed by atoms with van der Waals surface area (Å²) in [6, 6.07) is 16.3. The minimum Gasteiger partial charge on any atom is -0.334 e. The number of aromatic nitrogens is 3. The van der Waals surface area contributed by atoms with Gasteiger partial charge in [0.1, 0.15) is 12.7 Å². The lowest BCUT2D eigenvalue weighted by Gasteiger charge is -2.18. The molecule has 0 aliphatic carbocycles. The van der Waals surface area contributed by atoms with E-state index in [0.717, 1.165) is 16.7 Å². The Kier molecular flexibility index (Phi) is 6.49. The molecule has 1 N–H and O–H groups in total. The molecule has 0 unspecified atom stereocenters. The van der Waals surface area contributed by atoms with E-state index in [-0.39, 0.29) is 6.03 Å². The molecule has 7 heteroatoms. The van der Waals surface area contributed by atoms with Gasteiger partial charge < -0.3 is 10.2 Å². The van der Waals surface area contributed by atoms with E-state index in [1.54, 1.807) is 34.7 Å². The van der Waals surface area contributed by atoms with Gasteiger partial charge in [0.25, 0.3) is 0 Å². The smallest absolute Gasteiger partial charge is 0.317 e. The van der Waals surface area contributed by atoms with E-state index >= 15 is 0 Å². The van der Waals surface area contributed by atoms with Crippen LogP contribution in [0.4, 0.5) is 4.79 Å². The number of thioether (sulfide) groups is 1. The number of urea groups is 1. The predicted octanol–water partition coefficient (Wildman–Crippen LogP) is 3.39. The highest BCUT2D eigenvalue weighted by molar-refractivity contribution is 7.98. The number of nitrogens with one attached hydrogen (secondary N) is 1. The summed E-state index contributed by atoms with van der Waals surface area (Å²) in [5.41, 5.74) is 3.31. The second-order valence-electron chi connectivity index (χ2n) is 6.27. The maximum atomic E-state index is 12.3. The van der Waals surface area contributed by atoms with E-state index in [0.29, 0.717) is 19.6 Å². The minimum atomic E-state index is -0.0874. The standard InChI is InChI=1S/C20H23N5OS/c1-24(12-17-7-9-19(27-2)10-8-17)20(26)22-11-16-3-5-18(6-4-16)13-25-15-21-14-23-25/h3-10,14-15H,11-13H2,1-2H3,(H,22,26). The van der Waals surface area contributed by atoms with Crippen molar-refractivity contribution in [3.8, 4) is 0 Å². The lowest BCUT2D eigenvalue weighted by molar-refractivity contribution is 0.206. The zero-order valence-electron chi connectivity index (χ0n) is 15.5. The highest BCUT2D eigenvalue weighted by Gasteiger charge is 2.09. The number of carbonyl (C=O) groups is 1. The van der Waals surface area contributed by atoms with Crippen LogP contribution in [0.2, 0.25) is 0 Å². The number of hydrogen-bond donors (Lipinski definition) is 1. The lowest BCUT2D eigenvalue weighted by atomic mass is 10.1. The predicted molar refractivity (Wildman–Crippen MR) is 107 cm³/mol. The number of nitrogens with zero attached hydrogens (tertiary/aromatic N) is 4. The number of hydrogen-bond acceptors (Lipinski definition) is 4. The van der Waals surface area contributed by atoms with E-state index in [9.17, 15) is 4.79 Å². The van der Waals surface area contributed by atoms with Crippen LogP contribution in [-0.2, 0) is 19.6 Å². The van der Waals surface area contributed by atoms with Gasteiger partial charge in [-0.05, 0) is 35.1 Å². The Morgan fingerprint density at radius 3 is 2.37 bits per heavy atom. The normalized spacial score (nSPS) is 10.6. The van der Waals surface area contributed by atoms with Gasteiger partial charge in [0.15, 0.2) is 0 Å². The van der Waals surface area contributed by atoms with Crippen molar-refractivity contribution in [3.63, 3.8) is 0 Å². The Labute approximate surface area is 163 Å². The van der Waals surface area contributed by atoms with Crippen LogP contribution in [0, 0.1) is 0 Å². The van der Waals surface area contributed by atoms with E-state index in [4.69, 9.17) is 0 Å². The summed E-state index contributed by atoms with van der Waals surface area (Å²) in [5.74, 6) is 0. The summed E-state index contributed by atoms with van der Waals surface area (Å²) in [5, 5.41) is 7.06. The summed E-state index contributed by atoms with van der Waals surface area (Å²) in [7, 11) is 1.80. The average Bonchev–Trinajstić information content (AvgIpc) is 3.21. The van der Waals surface area contributed by atoms with Crippen molar-refractivity contribution < 1.29 is 4.79 Å². The summed E-state index contributed by atoms with van der Waals surface area (Å²) in [6.45, 7) is 1.76. The Morgan fingerprint density at radius 1 is 1.07 bits per heavy atom. The van der Waals surface area contributed by atoms with E-state index in [1.807, 2.05) is 24.3 Å². The molecule has 0 saturated carbocycles. The molecule has 27 heavy (non-hydrogen) atoms.